The lowest BCUT2D eigenvalue weighted by molar-refractivity contribution is 0.287. The molecule has 0 atom stereocenters. The van der Waals surface area contributed by atoms with Gasteiger partial charge in [0, 0.05) is 12.6 Å². The zero-order valence-electron chi connectivity index (χ0n) is 15.3. The summed E-state index contributed by atoms with van der Waals surface area (Å²) < 4.78 is 43.7. The van der Waals surface area contributed by atoms with Crippen LogP contribution in [0.5, 0.6) is 17.2 Å². The van der Waals surface area contributed by atoms with Crippen LogP contribution in [0.1, 0.15) is 19.4 Å². The van der Waals surface area contributed by atoms with Crippen LogP contribution in [0.15, 0.2) is 47.4 Å². The Morgan fingerprint density at radius 3 is 2.19 bits per heavy atom. The summed E-state index contributed by atoms with van der Waals surface area (Å²) in [6.07, 6.45) is 0.582. The minimum Gasteiger partial charge on any atom is -0.497 e. The van der Waals surface area contributed by atoms with Gasteiger partial charge in [-0.2, -0.15) is 0 Å². The Kier molecular flexibility index (Phi) is 7.29. The molecule has 0 radical (unpaired) electrons. The zero-order chi connectivity index (χ0) is 19.0. The Balaban J connectivity index is 2.05. The van der Waals surface area contributed by atoms with Gasteiger partial charge in [0.1, 0.15) is 5.75 Å². The van der Waals surface area contributed by atoms with Gasteiger partial charge in [-0.15, -0.1) is 0 Å². The van der Waals surface area contributed by atoms with E-state index in [0.29, 0.717) is 37.7 Å². The molecular formula is C19H25NO5S. The SMILES string of the molecule is CCOc1ccc(S(=O)(=O)NCCc2ccc(OC)cc2)cc1OCC. The number of sulfonamides is 1. The maximum absolute atomic E-state index is 12.5. The third-order valence-corrected chi connectivity index (χ3v) is 5.15. The van der Waals surface area contributed by atoms with Crippen LogP contribution in [0.3, 0.4) is 0 Å². The normalized spacial score (nSPS) is 11.2. The van der Waals surface area contributed by atoms with E-state index in [1.54, 1.807) is 13.2 Å². The van der Waals surface area contributed by atoms with E-state index in [1.807, 2.05) is 38.1 Å². The first-order chi connectivity index (χ1) is 12.5. The second-order valence-electron chi connectivity index (χ2n) is 5.47. The Hall–Kier alpha value is -2.25. The topological polar surface area (TPSA) is 73.9 Å². The lowest BCUT2D eigenvalue weighted by Gasteiger charge is -2.13. The monoisotopic (exact) mass is 379 g/mol. The molecule has 142 valence electrons. The Morgan fingerprint density at radius 1 is 0.923 bits per heavy atom. The fourth-order valence-corrected chi connectivity index (χ4v) is 3.45. The number of hydrogen-bond donors (Lipinski definition) is 1. The van der Waals surface area contributed by atoms with Crippen molar-refractivity contribution in [2.45, 2.75) is 25.2 Å². The van der Waals surface area contributed by atoms with Crippen LogP contribution >= 0.6 is 0 Å². The molecule has 0 aromatic heterocycles. The molecule has 2 aromatic rings. The fraction of sp³-hybridized carbons (Fsp3) is 0.368. The van der Waals surface area contributed by atoms with Crippen molar-refractivity contribution in [1.29, 1.82) is 0 Å². The van der Waals surface area contributed by atoms with E-state index in [0.717, 1.165) is 11.3 Å². The van der Waals surface area contributed by atoms with Crippen LogP contribution in [-0.2, 0) is 16.4 Å². The zero-order valence-corrected chi connectivity index (χ0v) is 16.1. The first-order valence-electron chi connectivity index (χ1n) is 8.52. The van der Waals surface area contributed by atoms with Crippen molar-refractivity contribution in [1.82, 2.24) is 4.72 Å². The van der Waals surface area contributed by atoms with Crippen molar-refractivity contribution < 1.29 is 22.6 Å². The average Bonchev–Trinajstić information content (AvgIpc) is 2.64. The molecule has 0 aliphatic heterocycles. The molecule has 0 saturated heterocycles. The van der Waals surface area contributed by atoms with Crippen LogP contribution in [0.25, 0.3) is 0 Å². The number of hydrogen-bond acceptors (Lipinski definition) is 5. The van der Waals surface area contributed by atoms with E-state index in [4.69, 9.17) is 14.2 Å². The minimum absolute atomic E-state index is 0.152. The smallest absolute Gasteiger partial charge is 0.240 e. The summed E-state index contributed by atoms with van der Waals surface area (Å²) in [5.74, 6) is 1.73. The lowest BCUT2D eigenvalue weighted by Crippen LogP contribution is -2.26. The number of benzene rings is 2. The van der Waals surface area contributed by atoms with Crippen molar-refractivity contribution in [2.24, 2.45) is 0 Å². The predicted octanol–water partition coefficient (Wildman–Crippen LogP) is 3.01. The Bertz CT molecular complexity index is 803. The molecular weight excluding hydrogens is 354 g/mol. The number of nitrogens with one attached hydrogen (secondary N) is 1. The van der Waals surface area contributed by atoms with Crippen molar-refractivity contribution in [3.05, 3.63) is 48.0 Å². The molecule has 0 fully saturated rings. The molecule has 7 heteroatoms. The molecule has 0 unspecified atom stereocenters. The largest absolute Gasteiger partial charge is 0.497 e. The van der Waals surface area contributed by atoms with E-state index in [9.17, 15) is 8.42 Å². The molecule has 0 aliphatic rings. The van der Waals surface area contributed by atoms with Crippen LogP contribution in [0.2, 0.25) is 0 Å². The second-order valence-corrected chi connectivity index (χ2v) is 7.24. The van der Waals surface area contributed by atoms with E-state index in [2.05, 4.69) is 4.72 Å². The van der Waals surface area contributed by atoms with Crippen LogP contribution < -0.4 is 18.9 Å². The predicted molar refractivity (Wildman–Crippen MR) is 101 cm³/mol. The highest BCUT2D eigenvalue weighted by Gasteiger charge is 2.17. The number of ether oxygens (including phenoxy) is 3. The third kappa shape index (κ3) is 5.37. The Morgan fingerprint density at radius 2 is 1.58 bits per heavy atom. The molecule has 0 aliphatic carbocycles. The van der Waals surface area contributed by atoms with E-state index in [-0.39, 0.29) is 4.90 Å². The maximum atomic E-state index is 12.5. The fourth-order valence-electron chi connectivity index (χ4n) is 2.40. The summed E-state index contributed by atoms with van der Waals surface area (Å²) in [6.45, 7) is 4.90. The van der Waals surface area contributed by atoms with Gasteiger partial charge in [0.05, 0.1) is 25.2 Å². The highest BCUT2D eigenvalue weighted by Crippen LogP contribution is 2.30. The quantitative estimate of drug-likeness (QED) is 0.687. The standard InChI is InChI=1S/C19H25NO5S/c1-4-24-18-11-10-17(14-19(18)25-5-2)26(21,22)20-13-12-15-6-8-16(23-3)9-7-15/h6-11,14,20H,4-5,12-13H2,1-3H3. The minimum atomic E-state index is -3.63. The molecule has 0 amide bonds. The average molecular weight is 379 g/mol. The first-order valence-corrected chi connectivity index (χ1v) is 10.0. The van der Waals surface area contributed by atoms with E-state index < -0.39 is 10.0 Å². The maximum Gasteiger partial charge on any atom is 0.240 e. The molecule has 0 saturated carbocycles. The van der Waals surface area contributed by atoms with Gasteiger partial charge in [0.15, 0.2) is 11.5 Å². The summed E-state index contributed by atoms with van der Waals surface area (Å²) in [7, 11) is -2.02. The summed E-state index contributed by atoms with van der Waals surface area (Å²) in [4.78, 5) is 0.152. The van der Waals surface area contributed by atoms with E-state index >= 15 is 0 Å². The Labute approximate surface area is 155 Å². The second kappa shape index (κ2) is 9.45. The molecule has 26 heavy (non-hydrogen) atoms. The van der Waals surface area contributed by atoms with Gasteiger partial charge in [-0.3, -0.25) is 0 Å². The van der Waals surface area contributed by atoms with Gasteiger partial charge >= 0.3 is 0 Å². The third-order valence-electron chi connectivity index (χ3n) is 3.69. The van der Waals surface area contributed by atoms with Crippen molar-refractivity contribution >= 4 is 10.0 Å². The summed E-state index contributed by atoms with van der Waals surface area (Å²) in [5.41, 5.74) is 1.02. The summed E-state index contributed by atoms with van der Waals surface area (Å²) in [5, 5.41) is 0. The molecule has 0 spiro atoms. The summed E-state index contributed by atoms with van der Waals surface area (Å²) in [6, 6.07) is 12.2. The molecule has 2 aromatic carbocycles. The van der Waals surface area contributed by atoms with Gasteiger partial charge in [-0.25, -0.2) is 13.1 Å². The highest BCUT2D eigenvalue weighted by molar-refractivity contribution is 7.89. The van der Waals surface area contributed by atoms with Crippen molar-refractivity contribution in [3.8, 4) is 17.2 Å². The first kappa shape index (κ1) is 20.1. The molecule has 2 rings (SSSR count). The van der Waals surface area contributed by atoms with Crippen molar-refractivity contribution in [3.63, 3.8) is 0 Å². The molecule has 0 bridgehead atoms. The number of methoxy groups -OCH3 is 1. The lowest BCUT2D eigenvalue weighted by atomic mass is 10.1. The van der Waals surface area contributed by atoms with Crippen LogP contribution in [0.4, 0.5) is 0 Å². The van der Waals surface area contributed by atoms with Crippen LogP contribution in [-0.4, -0.2) is 35.3 Å². The van der Waals surface area contributed by atoms with Gasteiger partial charge in [-0.05, 0) is 50.1 Å². The molecule has 0 heterocycles. The van der Waals surface area contributed by atoms with Gasteiger partial charge in [-0.1, -0.05) is 12.1 Å². The molecule has 1 N–H and O–H groups in total. The van der Waals surface area contributed by atoms with E-state index in [1.165, 1.54) is 12.1 Å². The van der Waals surface area contributed by atoms with Crippen molar-refractivity contribution in [2.75, 3.05) is 26.9 Å². The van der Waals surface area contributed by atoms with Gasteiger partial charge in [0.25, 0.3) is 0 Å². The highest BCUT2D eigenvalue weighted by atomic mass is 32.2. The van der Waals surface area contributed by atoms with Crippen LogP contribution in [0, 0.1) is 0 Å². The van der Waals surface area contributed by atoms with Gasteiger partial charge < -0.3 is 14.2 Å². The summed E-state index contributed by atoms with van der Waals surface area (Å²) >= 11 is 0. The molecule has 6 nitrogen and oxygen atoms in total. The number of rotatable bonds is 10. The van der Waals surface area contributed by atoms with Gasteiger partial charge in [0.2, 0.25) is 10.0 Å².